The van der Waals surface area contributed by atoms with E-state index < -0.39 is 0 Å². The van der Waals surface area contributed by atoms with E-state index >= 15 is 0 Å². The van der Waals surface area contributed by atoms with Crippen LogP contribution in [-0.2, 0) is 0 Å². The molecule has 0 unspecified atom stereocenters. The molecule has 1 fully saturated rings. The van der Waals surface area contributed by atoms with Gasteiger partial charge < -0.3 is 9.47 Å². The van der Waals surface area contributed by atoms with Gasteiger partial charge >= 0.3 is 0 Å². The number of rotatable bonds is 4. The van der Waals surface area contributed by atoms with Crippen molar-refractivity contribution in [2.45, 2.75) is 38.9 Å². The maximum Gasteiger partial charge on any atom is 0.257 e. The fourth-order valence-electron chi connectivity index (χ4n) is 1.17. The zero-order valence-electron chi connectivity index (χ0n) is 8.87. The highest BCUT2D eigenvalue weighted by atomic mass is 35.5. The van der Waals surface area contributed by atoms with Crippen LogP contribution in [0.5, 0.6) is 11.6 Å². The molecule has 1 aromatic rings. The average molecular weight is 228 g/mol. The minimum absolute atomic E-state index is 0.0835. The summed E-state index contributed by atoms with van der Waals surface area (Å²) < 4.78 is 11.2. The lowest BCUT2D eigenvalue weighted by molar-refractivity contribution is 0.208. The van der Waals surface area contributed by atoms with Gasteiger partial charge in [-0.2, -0.15) is 0 Å². The Hall–Kier alpha value is -0.960. The van der Waals surface area contributed by atoms with Crippen LogP contribution in [0.1, 0.15) is 26.7 Å². The third kappa shape index (κ3) is 2.99. The SMILES string of the molecule is CC(C)Oc1ncc(Cl)cc1OC1CC1. The fourth-order valence-corrected chi connectivity index (χ4v) is 1.32. The van der Waals surface area contributed by atoms with Crippen molar-refractivity contribution in [1.82, 2.24) is 4.98 Å². The molecule has 0 saturated heterocycles. The van der Waals surface area contributed by atoms with E-state index in [-0.39, 0.29) is 6.10 Å². The minimum Gasteiger partial charge on any atom is -0.485 e. The number of nitrogens with zero attached hydrogens (tertiary/aromatic N) is 1. The van der Waals surface area contributed by atoms with Gasteiger partial charge in [0.25, 0.3) is 5.88 Å². The molecule has 1 heterocycles. The first-order valence-electron chi connectivity index (χ1n) is 5.14. The molecule has 0 aromatic carbocycles. The van der Waals surface area contributed by atoms with Crippen molar-refractivity contribution in [2.24, 2.45) is 0 Å². The van der Waals surface area contributed by atoms with Gasteiger partial charge in [0.15, 0.2) is 5.75 Å². The molecule has 1 saturated carbocycles. The second-order valence-electron chi connectivity index (χ2n) is 3.94. The van der Waals surface area contributed by atoms with Crippen LogP contribution in [-0.4, -0.2) is 17.2 Å². The van der Waals surface area contributed by atoms with E-state index in [9.17, 15) is 0 Å². The van der Waals surface area contributed by atoms with E-state index in [4.69, 9.17) is 21.1 Å². The van der Waals surface area contributed by atoms with E-state index in [2.05, 4.69) is 4.98 Å². The van der Waals surface area contributed by atoms with Crippen molar-refractivity contribution in [2.75, 3.05) is 0 Å². The summed E-state index contributed by atoms with van der Waals surface area (Å²) in [6, 6.07) is 1.75. The Morgan fingerprint density at radius 2 is 2.20 bits per heavy atom. The molecule has 0 N–H and O–H groups in total. The monoisotopic (exact) mass is 227 g/mol. The Bertz CT molecular complexity index is 350. The summed E-state index contributed by atoms with van der Waals surface area (Å²) in [6.45, 7) is 3.91. The summed E-state index contributed by atoms with van der Waals surface area (Å²) in [5, 5.41) is 0.571. The summed E-state index contributed by atoms with van der Waals surface area (Å²) >= 11 is 5.86. The zero-order chi connectivity index (χ0) is 10.8. The van der Waals surface area contributed by atoms with E-state index in [0.717, 1.165) is 12.8 Å². The minimum atomic E-state index is 0.0835. The molecule has 4 heteroatoms. The molecular formula is C11H14ClNO2. The van der Waals surface area contributed by atoms with Gasteiger partial charge in [-0.25, -0.2) is 4.98 Å². The maximum atomic E-state index is 5.86. The molecule has 0 spiro atoms. The lowest BCUT2D eigenvalue weighted by Gasteiger charge is -2.13. The molecule has 0 radical (unpaired) electrons. The Labute approximate surface area is 94.4 Å². The van der Waals surface area contributed by atoms with Crippen molar-refractivity contribution in [3.63, 3.8) is 0 Å². The van der Waals surface area contributed by atoms with Crippen molar-refractivity contribution in [3.05, 3.63) is 17.3 Å². The second-order valence-corrected chi connectivity index (χ2v) is 4.38. The summed E-state index contributed by atoms with van der Waals surface area (Å²) in [6.07, 6.45) is 4.18. The molecule has 1 aliphatic carbocycles. The first-order valence-corrected chi connectivity index (χ1v) is 5.52. The highest BCUT2D eigenvalue weighted by molar-refractivity contribution is 6.30. The smallest absolute Gasteiger partial charge is 0.257 e. The summed E-state index contributed by atoms with van der Waals surface area (Å²) in [7, 11) is 0. The van der Waals surface area contributed by atoms with Gasteiger partial charge in [-0.3, -0.25) is 0 Å². The van der Waals surface area contributed by atoms with Gasteiger partial charge in [0.05, 0.1) is 17.2 Å². The Morgan fingerprint density at radius 1 is 1.47 bits per heavy atom. The van der Waals surface area contributed by atoms with Crippen LogP contribution in [0.2, 0.25) is 5.02 Å². The van der Waals surface area contributed by atoms with Gasteiger partial charge in [0, 0.05) is 12.3 Å². The van der Waals surface area contributed by atoms with Gasteiger partial charge in [-0.1, -0.05) is 11.6 Å². The topological polar surface area (TPSA) is 31.4 Å². The average Bonchev–Trinajstić information content (AvgIpc) is 2.93. The van der Waals surface area contributed by atoms with Gasteiger partial charge in [-0.05, 0) is 26.7 Å². The molecular weight excluding hydrogens is 214 g/mol. The van der Waals surface area contributed by atoms with Crippen molar-refractivity contribution >= 4 is 11.6 Å². The Morgan fingerprint density at radius 3 is 2.80 bits per heavy atom. The van der Waals surface area contributed by atoms with Crippen molar-refractivity contribution in [3.8, 4) is 11.6 Å². The number of ether oxygens (including phenoxy) is 2. The van der Waals surface area contributed by atoms with Crippen molar-refractivity contribution in [1.29, 1.82) is 0 Å². The van der Waals surface area contributed by atoms with E-state index in [1.165, 1.54) is 0 Å². The molecule has 15 heavy (non-hydrogen) atoms. The van der Waals surface area contributed by atoms with Crippen LogP contribution in [0, 0.1) is 0 Å². The first kappa shape index (κ1) is 10.6. The van der Waals surface area contributed by atoms with Gasteiger partial charge in [0.2, 0.25) is 0 Å². The molecule has 1 aromatic heterocycles. The lowest BCUT2D eigenvalue weighted by atomic mass is 10.4. The van der Waals surface area contributed by atoms with E-state index in [1.807, 2.05) is 13.8 Å². The standard InChI is InChI=1S/C11H14ClNO2/c1-7(2)14-11-10(15-9-3-4-9)5-8(12)6-13-11/h5-7,9H,3-4H2,1-2H3. The third-order valence-electron chi connectivity index (χ3n) is 1.95. The van der Waals surface area contributed by atoms with Crippen LogP contribution >= 0.6 is 11.6 Å². The largest absolute Gasteiger partial charge is 0.485 e. The summed E-state index contributed by atoms with van der Waals surface area (Å²) in [5.74, 6) is 1.18. The van der Waals surface area contributed by atoms with Crippen molar-refractivity contribution < 1.29 is 9.47 Å². The van der Waals surface area contributed by atoms with Crippen LogP contribution in [0.15, 0.2) is 12.3 Å². The summed E-state index contributed by atoms with van der Waals surface area (Å²) in [5.41, 5.74) is 0. The molecule has 2 rings (SSSR count). The number of halogens is 1. The van der Waals surface area contributed by atoms with Crippen LogP contribution in [0.3, 0.4) is 0 Å². The number of aromatic nitrogens is 1. The Balaban J connectivity index is 2.17. The van der Waals surface area contributed by atoms with E-state index in [0.29, 0.717) is 22.8 Å². The Kier molecular flexibility index (Phi) is 3.00. The fraction of sp³-hybridized carbons (Fsp3) is 0.545. The maximum absolute atomic E-state index is 5.86. The number of pyridine rings is 1. The number of hydrogen-bond donors (Lipinski definition) is 0. The first-order chi connectivity index (χ1) is 7.15. The van der Waals surface area contributed by atoms with E-state index in [1.54, 1.807) is 12.3 Å². The predicted molar refractivity (Wildman–Crippen MR) is 58.7 cm³/mol. The predicted octanol–water partition coefficient (Wildman–Crippen LogP) is 3.06. The quantitative estimate of drug-likeness (QED) is 0.792. The normalized spacial score (nSPS) is 15.5. The molecule has 0 bridgehead atoms. The molecule has 0 aliphatic heterocycles. The van der Waals surface area contributed by atoms with Gasteiger partial charge in [0.1, 0.15) is 0 Å². The molecule has 1 aliphatic rings. The number of hydrogen-bond acceptors (Lipinski definition) is 3. The zero-order valence-corrected chi connectivity index (χ0v) is 9.62. The third-order valence-corrected chi connectivity index (χ3v) is 2.16. The highest BCUT2D eigenvalue weighted by Gasteiger charge is 2.25. The van der Waals surface area contributed by atoms with Crippen LogP contribution < -0.4 is 9.47 Å². The molecule has 0 atom stereocenters. The molecule has 82 valence electrons. The highest BCUT2D eigenvalue weighted by Crippen LogP contribution is 2.34. The lowest BCUT2D eigenvalue weighted by Crippen LogP contribution is -2.09. The van der Waals surface area contributed by atoms with Gasteiger partial charge in [-0.15, -0.1) is 0 Å². The summed E-state index contributed by atoms with van der Waals surface area (Å²) in [4.78, 5) is 4.12. The molecule has 3 nitrogen and oxygen atoms in total. The second kappa shape index (κ2) is 4.27. The molecule has 0 amide bonds. The van der Waals surface area contributed by atoms with Crippen LogP contribution in [0.4, 0.5) is 0 Å². The van der Waals surface area contributed by atoms with Crippen LogP contribution in [0.25, 0.3) is 0 Å².